The molecule has 2 aliphatic heterocycles. The van der Waals surface area contributed by atoms with E-state index >= 15 is 0 Å². The largest absolute Gasteiger partial charge is 0.497 e. The molecule has 2 aliphatic rings. The van der Waals surface area contributed by atoms with Crippen molar-refractivity contribution in [2.24, 2.45) is 0 Å². The van der Waals surface area contributed by atoms with Crippen molar-refractivity contribution in [3.05, 3.63) is 47.5 Å². The minimum atomic E-state index is 0.00109. The van der Waals surface area contributed by atoms with Gasteiger partial charge >= 0.3 is 0 Å². The van der Waals surface area contributed by atoms with Crippen molar-refractivity contribution in [2.45, 2.75) is 6.54 Å². The molecule has 0 atom stereocenters. The predicted octanol–water partition coefficient (Wildman–Crippen LogP) is 2.43. The van der Waals surface area contributed by atoms with Crippen LogP contribution in [0.1, 0.15) is 15.9 Å². The molecule has 7 heteroatoms. The summed E-state index contributed by atoms with van der Waals surface area (Å²) >= 11 is 0. The summed E-state index contributed by atoms with van der Waals surface area (Å²) in [6.45, 7) is 5.02. The van der Waals surface area contributed by atoms with Gasteiger partial charge < -0.3 is 23.8 Å². The first-order chi connectivity index (χ1) is 14.2. The summed E-state index contributed by atoms with van der Waals surface area (Å²) in [5, 5.41) is 0. The zero-order valence-electron chi connectivity index (χ0n) is 16.8. The van der Waals surface area contributed by atoms with Crippen LogP contribution in [0.25, 0.3) is 0 Å². The fraction of sp³-hybridized carbons (Fsp3) is 0.409. The van der Waals surface area contributed by atoms with Gasteiger partial charge in [-0.2, -0.15) is 0 Å². The van der Waals surface area contributed by atoms with E-state index in [-0.39, 0.29) is 5.91 Å². The molecule has 1 saturated heterocycles. The Morgan fingerprint density at radius 3 is 2.21 bits per heavy atom. The molecule has 2 aromatic carbocycles. The smallest absolute Gasteiger partial charge is 0.254 e. The Morgan fingerprint density at radius 1 is 0.897 bits per heavy atom. The summed E-state index contributed by atoms with van der Waals surface area (Å²) in [6, 6.07) is 11.4. The average molecular weight is 398 g/mol. The van der Waals surface area contributed by atoms with Gasteiger partial charge in [0.15, 0.2) is 11.5 Å². The maximum absolute atomic E-state index is 12.9. The summed E-state index contributed by atoms with van der Waals surface area (Å²) in [4.78, 5) is 17.2. The molecule has 0 unspecified atom stereocenters. The minimum absolute atomic E-state index is 0.00109. The Kier molecular flexibility index (Phi) is 5.76. The fourth-order valence-corrected chi connectivity index (χ4v) is 3.67. The number of carbonyl (C=O) groups is 1. The number of hydrogen-bond donors (Lipinski definition) is 0. The molecule has 0 saturated carbocycles. The van der Waals surface area contributed by atoms with E-state index in [4.69, 9.17) is 18.9 Å². The Hall–Kier alpha value is -2.93. The minimum Gasteiger partial charge on any atom is -0.497 e. The van der Waals surface area contributed by atoms with Crippen molar-refractivity contribution >= 4 is 5.91 Å². The van der Waals surface area contributed by atoms with E-state index in [0.717, 1.165) is 31.1 Å². The molecule has 154 valence electrons. The van der Waals surface area contributed by atoms with E-state index < -0.39 is 0 Å². The van der Waals surface area contributed by atoms with Crippen molar-refractivity contribution in [3.8, 4) is 23.0 Å². The van der Waals surface area contributed by atoms with Gasteiger partial charge in [0.1, 0.15) is 24.7 Å². The second kappa shape index (κ2) is 8.61. The van der Waals surface area contributed by atoms with Crippen LogP contribution in [0.5, 0.6) is 23.0 Å². The number of fused-ring (bicyclic) bond motifs is 1. The third-order valence-electron chi connectivity index (χ3n) is 5.27. The molecule has 29 heavy (non-hydrogen) atoms. The normalized spacial score (nSPS) is 16.4. The van der Waals surface area contributed by atoms with Gasteiger partial charge in [0, 0.05) is 44.4 Å². The number of piperazine rings is 1. The van der Waals surface area contributed by atoms with Gasteiger partial charge in [0.2, 0.25) is 0 Å². The third kappa shape index (κ3) is 4.40. The number of nitrogens with zero attached hydrogens (tertiary/aromatic N) is 2. The highest BCUT2D eigenvalue weighted by atomic mass is 16.6. The van der Waals surface area contributed by atoms with Gasteiger partial charge in [-0.15, -0.1) is 0 Å². The monoisotopic (exact) mass is 398 g/mol. The summed E-state index contributed by atoms with van der Waals surface area (Å²) < 4.78 is 21.8. The van der Waals surface area contributed by atoms with Crippen LogP contribution in [0.2, 0.25) is 0 Å². The lowest BCUT2D eigenvalue weighted by atomic mass is 10.1. The first kappa shape index (κ1) is 19.4. The van der Waals surface area contributed by atoms with Crippen LogP contribution in [0.4, 0.5) is 0 Å². The Morgan fingerprint density at radius 2 is 1.55 bits per heavy atom. The highest BCUT2D eigenvalue weighted by Crippen LogP contribution is 2.31. The Balaban J connectivity index is 1.36. The summed E-state index contributed by atoms with van der Waals surface area (Å²) in [6.07, 6.45) is 0. The first-order valence-corrected chi connectivity index (χ1v) is 9.79. The number of amides is 1. The van der Waals surface area contributed by atoms with E-state index in [9.17, 15) is 4.79 Å². The maximum atomic E-state index is 12.9. The maximum Gasteiger partial charge on any atom is 0.254 e. The van der Waals surface area contributed by atoms with Crippen LogP contribution in [0.3, 0.4) is 0 Å². The van der Waals surface area contributed by atoms with E-state index in [2.05, 4.69) is 17.0 Å². The zero-order valence-corrected chi connectivity index (χ0v) is 16.8. The topological polar surface area (TPSA) is 60.5 Å². The van der Waals surface area contributed by atoms with E-state index in [1.165, 1.54) is 5.56 Å². The molecule has 2 aromatic rings. The van der Waals surface area contributed by atoms with Gasteiger partial charge in [-0.05, 0) is 29.8 Å². The highest BCUT2D eigenvalue weighted by Gasteiger charge is 2.23. The number of hydrogen-bond acceptors (Lipinski definition) is 6. The molecule has 1 amide bonds. The summed E-state index contributed by atoms with van der Waals surface area (Å²) in [5.74, 6) is 2.86. The Labute approximate surface area is 170 Å². The van der Waals surface area contributed by atoms with E-state index in [1.54, 1.807) is 32.4 Å². The van der Waals surface area contributed by atoms with Gasteiger partial charge in [0.25, 0.3) is 5.91 Å². The van der Waals surface area contributed by atoms with Crippen LogP contribution in [0, 0.1) is 0 Å². The molecule has 0 bridgehead atoms. The van der Waals surface area contributed by atoms with Gasteiger partial charge in [-0.25, -0.2) is 0 Å². The number of benzene rings is 2. The standard InChI is InChI=1S/C22H26N2O5/c1-26-18-12-17(13-19(14-18)27-2)22(25)24-7-5-23(6-8-24)15-16-3-4-20-21(11-16)29-10-9-28-20/h3-4,11-14H,5-10,15H2,1-2H3. The molecule has 0 aromatic heterocycles. The molecule has 0 N–H and O–H groups in total. The highest BCUT2D eigenvalue weighted by molar-refractivity contribution is 5.95. The number of carbonyl (C=O) groups excluding carboxylic acids is 1. The number of rotatable bonds is 5. The Bertz CT molecular complexity index is 855. The van der Waals surface area contributed by atoms with E-state index in [0.29, 0.717) is 43.4 Å². The van der Waals surface area contributed by atoms with Gasteiger partial charge in [-0.1, -0.05) is 6.07 Å². The van der Waals surface area contributed by atoms with Crippen molar-refractivity contribution in [2.75, 3.05) is 53.6 Å². The van der Waals surface area contributed by atoms with Crippen LogP contribution in [-0.2, 0) is 6.54 Å². The van der Waals surface area contributed by atoms with Gasteiger partial charge in [0.05, 0.1) is 14.2 Å². The quantitative estimate of drug-likeness (QED) is 0.771. The lowest BCUT2D eigenvalue weighted by Crippen LogP contribution is -2.48. The van der Waals surface area contributed by atoms with Crippen molar-refractivity contribution in [3.63, 3.8) is 0 Å². The molecule has 1 fully saturated rings. The fourth-order valence-electron chi connectivity index (χ4n) is 3.67. The van der Waals surface area contributed by atoms with Crippen LogP contribution >= 0.6 is 0 Å². The van der Waals surface area contributed by atoms with Gasteiger partial charge in [-0.3, -0.25) is 9.69 Å². The van der Waals surface area contributed by atoms with Crippen LogP contribution in [0.15, 0.2) is 36.4 Å². The van der Waals surface area contributed by atoms with Crippen LogP contribution in [-0.4, -0.2) is 69.3 Å². The lowest BCUT2D eigenvalue weighted by molar-refractivity contribution is 0.0627. The molecule has 0 aliphatic carbocycles. The second-order valence-electron chi connectivity index (χ2n) is 7.15. The number of methoxy groups -OCH3 is 2. The molecule has 0 radical (unpaired) electrons. The molecule has 7 nitrogen and oxygen atoms in total. The second-order valence-corrected chi connectivity index (χ2v) is 7.15. The molecule has 2 heterocycles. The first-order valence-electron chi connectivity index (χ1n) is 9.79. The SMILES string of the molecule is COc1cc(OC)cc(C(=O)N2CCN(Cc3ccc4c(c3)OCCO4)CC2)c1. The van der Waals surface area contributed by atoms with Crippen molar-refractivity contribution in [1.82, 2.24) is 9.80 Å². The van der Waals surface area contributed by atoms with Crippen molar-refractivity contribution < 1.29 is 23.7 Å². The number of ether oxygens (including phenoxy) is 4. The molecule has 4 rings (SSSR count). The van der Waals surface area contributed by atoms with E-state index in [1.807, 2.05) is 11.0 Å². The molecule has 0 spiro atoms. The molecular formula is C22H26N2O5. The summed E-state index contributed by atoms with van der Waals surface area (Å²) in [7, 11) is 3.17. The van der Waals surface area contributed by atoms with Crippen LogP contribution < -0.4 is 18.9 Å². The lowest BCUT2D eigenvalue weighted by Gasteiger charge is -2.35. The zero-order chi connectivity index (χ0) is 20.2. The third-order valence-corrected chi connectivity index (χ3v) is 5.27. The molecular weight excluding hydrogens is 372 g/mol. The average Bonchev–Trinajstić information content (AvgIpc) is 2.78. The summed E-state index contributed by atoms with van der Waals surface area (Å²) in [5.41, 5.74) is 1.77. The van der Waals surface area contributed by atoms with Crippen molar-refractivity contribution in [1.29, 1.82) is 0 Å². The predicted molar refractivity (Wildman–Crippen MR) is 108 cm³/mol.